The predicted molar refractivity (Wildman–Crippen MR) is 91.8 cm³/mol. The molecule has 2 aliphatic rings. The fourth-order valence-corrected chi connectivity index (χ4v) is 3.14. The fraction of sp³-hybridized carbons (Fsp3) is 0.706. The smallest absolute Gasteiger partial charge is 0.410 e. The van der Waals surface area contributed by atoms with E-state index in [1.165, 1.54) is 0 Å². The summed E-state index contributed by atoms with van der Waals surface area (Å²) in [6.45, 7) is 9.97. The van der Waals surface area contributed by atoms with Crippen molar-refractivity contribution in [3.63, 3.8) is 0 Å². The molecule has 0 radical (unpaired) electrons. The number of likely N-dealkylation sites (tertiary alicyclic amines) is 1. The monoisotopic (exact) mass is 349 g/mol. The first kappa shape index (κ1) is 17.7. The molecule has 0 saturated carbocycles. The molecule has 1 N–H and O–H groups in total. The van der Waals surface area contributed by atoms with Gasteiger partial charge < -0.3 is 9.64 Å². The highest BCUT2D eigenvalue weighted by atomic mass is 16.6. The van der Waals surface area contributed by atoms with Crippen molar-refractivity contribution in [3.8, 4) is 0 Å². The largest absolute Gasteiger partial charge is 0.444 e. The zero-order valence-electron chi connectivity index (χ0n) is 15.2. The van der Waals surface area contributed by atoms with E-state index in [0.717, 1.165) is 25.2 Å². The van der Waals surface area contributed by atoms with Crippen molar-refractivity contribution < 1.29 is 14.3 Å². The average molecular weight is 349 g/mol. The van der Waals surface area contributed by atoms with Gasteiger partial charge in [0.15, 0.2) is 0 Å². The van der Waals surface area contributed by atoms with Crippen LogP contribution in [0.3, 0.4) is 0 Å². The van der Waals surface area contributed by atoms with E-state index in [-0.39, 0.29) is 11.9 Å². The molecule has 2 aliphatic heterocycles. The number of ether oxygens (including phenoxy) is 1. The molecule has 25 heavy (non-hydrogen) atoms. The maximum absolute atomic E-state index is 12.7. The van der Waals surface area contributed by atoms with Gasteiger partial charge in [0.25, 0.3) is 0 Å². The Morgan fingerprint density at radius 1 is 1.24 bits per heavy atom. The van der Waals surface area contributed by atoms with E-state index in [0.29, 0.717) is 26.1 Å². The quantitative estimate of drug-likeness (QED) is 0.882. The van der Waals surface area contributed by atoms with Crippen molar-refractivity contribution in [1.29, 1.82) is 0 Å². The van der Waals surface area contributed by atoms with Crippen LogP contribution in [0.1, 0.15) is 32.8 Å². The Hall–Kier alpha value is -2.09. The Labute approximate surface area is 148 Å². The van der Waals surface area contributed by atoms with Crippen molar-refractivity contribution >= 4 is 12.0 Å². The molecule has 3 rings (SSSR count). The Morgan fingerprint density at radius 3 is 2.48 bits per heavy atom. The highest BCUT2D eigenvalue weighted by molar-refractivity contribution is 5.87. The van der Waals surface area contributed by atoms with Gasteiger partial charge in [-0.1, -0.05) is 0 Å². The third-order valence-electron chi connectivity index (χ3n) is 4.58. The van der Waals surface area contributed by atoms with Crippen LogP contribution in [0.25, 0.3) is 0 Å². The molecule has 1 atom stereocenters. The first-order valence-electron chi connectivity index (χ1n) is 8.82. The molecular formula is C17H27N5O3. The van der Waals surface area contributed by atoms with E-state index >= 15 is 0 Å². The van der Waals surface area contributed by atoms with Gasteiger partial charge in [-0.05, 0) is 27.2 Å². The minimum absolute atomic E-state index is 0.0417. The maximum Gasteiger partial charge on any atom is 0.410 e. The first-order chi connectivity index (χ1) is 11.8. The molecule has 8 nitrogen and oxygen atoms in total. The number of aromatic amines is 1. The minimum Gasteiger partial charge on any atom is -0.444 e. The molecule has 1 aromatic heterocycles. The van der Waals surface area contributed by atoms with Gasteiger partial charge in [-0.2, -0.15) is 5.10 Å². The normalized spacial score (nSPS) is 21.8. The van der Waals surface area contributed by atoms with Gasteiger partial charge >= 0.3 is 6.09 Å². The van der Waals surface area contributed by atoms with Crippen LogP contribution in [0.5, 0.6) is 0 Å². The lowest BCUT2D eigenvalue weighted by atomic mass is 10.0. The summed E-state index contributed by atoms with van der Waals surface area (Å²) in [4.78, 5) is 30.6. The summed E-state index contributed by atoms with van der Waals surface area (Å²) >= 11 is 0. The first-order valence-corrected chi connectivity index (χ1v) is 8.82. The molecule has 2 fully saturated rings. The van der Waals surface area contributed by atoms with Crippen molar-refractivity contribution in [1.82, 2.24) is 24.9 Å². The minimum atomic E-state index is -0.543. The summed E-state index contributed by atoms with van der Waals surface area (Å²) in [7, 11) is 0. The van der Waals surface area contributed by atoms with Gasteiger partial charge in [0, 0.05) is 51.0 Å². The van der Waals surface area contributed by atoms with E-state index < -0.39 is 11.7 Å². The second kappa shape index (κ2) is 7.03. The Bertz CT molecular complexity index is 602. The van der Waals surface area contributed by atoms with Gasteiger partial charge in [0.2, 0.25) is 5.91 Å². The number of carbonyl (C=O) groups is 2. The zero-order valence-corrected chi connectivity index (χ0v) is 15.2. The second-order valence-corrected chi connectivity index (χ2v) is 7.69. The Kier molecular flexibility index (Phi) is 4.99. The van der Waals surface area contributed by atoms with Crippen LogP contribution >= 0.6 is 0 Å². The molecule has 0 unspecified atom stereocenters. The van der Waals surface area contributed by atoms with E-state index in [1.54, 1.807) is 4.90 Å². The number of carbonyl (C=O) groups excluding carboxylic acids is 2. The SMILES string of the molecule is CC(C)(C)OC(=O)N1CC[C@@H]1C(=O)N1CCN(Cc2cn[nH]c2)CC1. The van der Waals surface area contributed by atoms with E-state index in [1.807, 2.05) is 38.1 Å². The average Bonchev–Trinajstić information content (AvgIpc) is 2.97. The standard InChI is InChI=1S/C17H27N5O3/c1-17(2,3)25-16(24)22-5-4-14(22)15(23)21-8-6-20(7-9-21)12-13-10-18-19-11-13/h10-11,14H,4-9,12H2,1-3H3,(H,18,19)/t14-/m1/s1. The van der Waals surface area contributed by atoms with Gasteiger partial charge in [-0.25, -0.2) is 4.79 Å². The number of H-pyrrole nitrogens is 1. The third kappa shape index (κ3) is 4.31. The van der Waals surface area contributed by atoms with Crippen LogP contribution in [-0.4, -0.2) is 81.3 Å². The van der Waals surface area contributed by atoms with Crippen LogP contribution in [0, 0.1) is 0 Å². The van der Waals surface area contributed by atoms with Crippen LogP contribution < -0.4 is 0 Å². The van der Waals surface area contributed by atoms with Crippen molar-refractivity contribution in [2.45, 2.75) is 45.4 Å². The lowest BCUT2D eigenvalue weighted by Gasteiger charge is -2.44. The van der Waals surface area contributed by atoms with E-state index in [2.05, 4.69) is 15.1 Å². The van der Waals surface area contributed by atoms with Crippen LogP contribution in [-0.2, 0) is 16.1 Å². The second-order valence-electron chi connectivity index (χ2n) is 7.69. The number of hydrogen-bond acceptors (Lipinski definition) is 5. The van der Waals surface area contributed by atoms with Crippen molar-refractivity contribution in [2.75, 3.05) is 32.7 Å². The molecule has 0 bridgehead atoms. The summed E-state index contributed by atoms with van der Waals surface area (Å²) in [6.07, 6.45) is 4.04. The Balaban J connectivity index is 1.48. The number of rotatable bonds is 3. The molecule has 8 heteroatoms. The lowest BCUT2D eigenvalue weighted by molar-refractivity contribution is -0.143. The molecule has 138 valence electrons. The Morgan fingerprint density at radius 2 is 1.96 bits per heavy atom. The van der Waals surface area contributed by atoms with Crippen LogP contribution in [0.4, 0.5) is 4.79 Å². The van der Waals surface area contributed by atoms with E-state index in [4.69, 9.17) is 4.74 Å². The molecule has 0 aromatic carbocycles. The molecule has 1 aromatic rings. The molecule has 3 heterocycles. The topological polar surface area (TPSA) is 81.8 Å². The molecular weight excluding hydrogens is 322 g/mol. The summed E-state index contributed by atoms with van der Waals surface area (Å²) in [5, 5.41) is 6.77. The van der Waals surface area contributed by atoms with Crippen molar-refractivity contribution in [3.05, 3.63) is 18.0 Å². The number of piperazine rings is 1. The number of nitrogens with one attached hydrogen (secondary N) is 1. The number of nitrogens with zero attached hydrogens (tertiary/aromatic N) is 4. The predicted octanol–water partition coefficient (Wildman–Crippen LogP) is 1.06. The van der Waals surface area contributed by atoms with Gasteiger partial charge in [-0.3, -0.25) is 19.7 Å². The van der Waals surface area contributed by atoms with Crippen molar-refractivity contribution in [2.24, 2.45) is 0 Å². The molecule has 0 spiro atoms. The number of amides is 2. The molecule has 2 saturated heterocycles. The van der Waals surface area contributed by atoms with Gasteiger partial charge in [-0.15, -0.1) is 0 Å². The molecule has 0 aliphatic carbocycles. The van der Waals surface area contributed by atoms with Gasteiger partial charge in [0.1, 0.15) is 11.6 Å². The highest BCUT2D eigenvalue weighted by Gasteiger charge is 2.42. The van der Waals surface area contributed by atoms with Crippen LogP contribution in [0.15, 0.2) is 12.4 Å². The zero-order chi connectivity index (χ0) is 18.0. The lowest BCUT2D eigenvalue weighted by Crippen LogP contribution is -2.61. The summed E-state index contributed by atoms with van der Waals surface area (Å²) in [5.41, 5.74) is 0.605. The number of hydrogen-bond donors (Lipinski definition) is 1. The highest BCUT2D eigenvalue weighted by Crippen LogP contribution is 2.23. The summed E-state index contributed by atoms with van der Waals surface area (Å²) in [5.74, 6) is 0.0417. The summed E-state index contributed by atoms with van der Waals surface area (Å²) in [6, 6.07) is -0.365. The van der Waals surface area contributed by atoms with E-state index in [9.17, 15) is 9.59 Å². The molecule has 2 amide bonds. The number of aromatic nitrogens is 2. The van der Waals surface area contributed by atoms with Crippen LogP contribution in [0.2, 0.25) is 0 Å². The summed E-state index contributed by atoms with van der Waals surface area (Å²) < 4.78 is 5.38. The maximum atomic E-state index is 12.7. The third-order valence-corrected chi connectivity index (χ3v) is 4.58. The van der Waals surface area contributed by atoms with Gasteiger partial charge in [0.05, 0.1) is 6.20 Å². The fourth-order valence-electron chi connectivity index (χ4n) is 3.14.